The number of anilines is 1. The number of non-ortho nitro benzene ring substituents is 1. The van der Waals surface area contributed by atoms with Crippen LogP contribution in [0.15, 0.2) is 30.7 Å². The van der Waals surface area contributed by atoms with Crippen LogP contribution in [0.4, 0.5) is 21.9 Å². The van der Waals surface area contributed by atoms with Gasteiger partial charge in [0.1, 0.15) is 12.0 Å². The van der Waals surface area contributed by atoms with Crippen LogP contribution < -0.4 is 10.6 Å². The van der Waals surface area contributed by atoms with E-state index in [4.69, 9.17) is 9.47 Å². The summed E-state index contributed by atoms with van der Waals surface area (Å²) in [6.07, 6.45) is 3.12. The van der Waals surface area contributed by atoms with Crippen molar-refractivity contribution in [2.45, 2.75) is 39.2 Å². The standard InChI is InChI=1S/C21H28N6O8/c1-4-35-21(2,3)8-10-34-20(29)25-13-15(24-14-25)7-9-22-19(28)12-23-17-6-5-16(26(30)31)11-18(17)27(32)33/h5-6,11,13-14,23H,4,7-10,12H2,1-3H3,(H,22,28). The van der Waals surface area contributed by atoms with Crippen molar-refractivity contribution < 1.29 is 28.9 Å². The molecule has 190 valence electrons. The molecule has 2 aromatic rings. The first-order valence-corrected chi connectivity index (χ1v) is 10.8. The summed E-state index contributed by atoms with van der Waals surface area (Å²) in [6.45, 7) is 6.40. The lowest BCUT2D eigenvalue weighted by molar-refractivity contribution is -0.393. The predicted octanol–water partition coefficient (Wildman–Crippen LogP) is 2.66. The molecular formula is C21H28N6O8. The average Bonchev–Trinajstić information content (AvgIpc) is 3.26. The Labute approximate surface area is 200 Å². The van der Waals surface area contributed by atoms with Crippen LogP contribution in [-0.2, 0) is 20.7 Å². The van der Waals surface area contributed by atoms with Gasteiger partial charge in [0.15, 0.2) is 0 Å². The van der Waals surface area contributed by atoms with Crippen molar-refractivity contribution in [3.8, 4) is 0 Å². The second-order valence-corrected chi connectivity index (χ2v) is 8.00. The Morgan fingerprint density at radius 3 is 2.60 bits per heavy atom. The second-order valence-electron chi connectivity index (χ2n) is 8.00. The van der Waals surface area contributed by atoms with E-state index >= 15 is 0 Å². The molecule has 14 nitrogen and oxygen atoms in total. The molecule has 0 spiro atoms. The Morgan fingerprint density at radius 2 is 1.94 bits per heavy atom. The van der Waals surface area contributed by atoms with Crippen molar-refractivity contribution >= 4 is 29.1 Å². The number of imidazole rings is 1. The number of carbonyl (C=O) groups excluding carboxylic acids is 2. The molecule has 0 unspecified atom stereocenters. The van der Waals surface area contributed by atoms with Crippen LogP contribution in [0.5, 0.6) is 0 Å². The number of rotatable bonds is 13. The number of hydrogen-bond donors (Lipinski definition) is 2. The molecule has 0 aliphatic heterocycles. The fourth-order valence-electron chi connectivity index (χ4n) is 3.02. The lowest BCUT2D eigenvalue weighted by Gasteiger charge is -2.24. The molecule has 0 aliphatic carbocycles. The highest BCUT2D eigenvalue weighted by Crippen LogP contribution is 2.28. The first-order chi connectivity index (χ1) is 16.5. The molecule has 0 saturated heterocycles. The largest absolute Gasteiger partial charge is 0.449 e. The van der Waals surface area contributed by atoms with Gasteiger partial charge in [0.05, 0.1) is 40.4 Å². The number of benzene rings is 1. The molecule has 0 radical (unpaired) electrons. The number of nitro groups is 2. The lowest BCUT2D eigenvalue weighted by atomic mass is 10.1. The zero-order chi connectivity index (χ0) is 26.0. The number of nitrogens with zero attached hydrogens (tertiary/aromatic N) is 4. The Hall–Kier alpha value is -4.07. The summed E-state index contributed by atoms with van der Waals surface area (Å²) in [5.74, 6) is -0.451. The van der Waals surface area contributed by atoms with Gasteiger partial charge in [-0.25, -0.2) is 14.3 Å². The number of hydrogen-bond acceptors (Lipinski definition) is 10. The van der Waals surface area contributed by atoms with Gasteiger partial charge < -0.3 is 20.1 Å². The molecule has 1 amide bonds. The first-order valence-electron chi connectivity index (χ1n) is 10.8. The van der Waals surface area contributed by atoms with E-state index in [1.165, 1.54) is 23.2 Å². The van der Waals surface area contributed by atoms with Gasteiger partial charge in [-0.15, -0.1) is 0 Å². The van der Waals surface area contributed by atoms with E-state index in [0.29, 0.717) is 25.1 Å². The van der Waals surface area contributed by atoms with E-state index in [9.17, 15) is 29.8 Å². The van der Waals surface area contributed by atoms with Crippen LogP contribution in [0.2, 0.25) is 0 Å². The third kappa shape index (κ3) is 8.66. The monoisotopic (exact) mass is 492 g/mol. The van der Waals surface area contributed by atoms with E-state index in [-0.39, 0.29) is 25.4 Å². The van der Waals surface area contributed by atoms with Gasteiger partial charge in [-0.1, -0.05) is 0 Å². The third-order valence-electron chi connectivity index (χ3n) is 4.84. The van der Waals surface area contributed by atoms with Crippen molar-refractivity contribution in [1.29, 1.82) is 0 Å². The van der Waals surface area contributed by atoms with Crippen molar-refractivity contribution in [3.05, 3.63) is 56.6 Å². The predicted molar refractivity (Wildman–Crippen MR) is 124 cm³/mol. The zero-order valence-electron chi connectivity index (χ0n) is 19.7. The normalized spacial score (nSPS) is 11.1. The fourth-order valence-corrected chi connectivity index (χ4v) is 3.02. The number of ether oxygens (including phenoxy) is 2. The number of nitro benzene ring substituents is 2. The SMILES string of the molecule is CCOC(C)(C)CCOC(=O)n1cnc(CCNC(=O)CNc2ccc([N+](=O)[O-])cc2[N+](=O)[O-])c1. The Morgan fingerprint density at radius 1 is 1.20 bits per heavy atom. The molecule has 0 aliphatic rings. The number of aromatic nitrogens is 2. The fraction of sp³-hybridized carbons (Fsp3) is 0.476. The molecule has 0 saturated carbocycles. The molecule has 1 heterocycles. The van der Waals surface area contributed by atoms with E-state index in [1.807, 2.05) is 20.8 Å². The minimum absolute atomic E-state index is 0.0161. The van der Waals surface area contributed by atoms with Crippen molar-refractivity contribution in [2.24, 2.45) is 0 Å². The maximum atomic E-state index is 12.1. The highest BCUT2D eigenvalue weighted by atomic mass is 16.6. The van der Waals surface area contributed by atoms with E-state index < -0.39 is 38.8 Å². The molecule has 0 atom stereocenters. The van der Waals surface area contributed by atoms with Gasteiger partial charge in [-0.2, -0.15) is 0 Å². The molecule has 35 heavy (non-hydrogen) atoms. The molecule has 1 aromatic heterocycles. The average molecular weight is 492 g/mol. The van der Waals surface area contributed by atoms with Crippen LogP contribution in [0.1, 0.15) is 32.9 Å². The van der Waals surface area contributed by atoms with Crippen molar-refractivity contribution in [2.75, 3.05) is 31.6 Å². The number of carbonyl (C=O) groups is 2. The first kappa shape index (κ1) is 27.2. The van der Waals surface area contributed by atoms with Crippen LogP contribution in [-0.4, -0.2) is 63.3 Å². The molecule has 2 N–H and O–H groups in total. The summed E-state index contributed by atoms with van der Waals surface area (Å²) in [4.78, 5) is 48.7. The number of amides is 1. The Kier molecular flexibility index (Phi) is 9.64. The smallest absolute Gasteiger partial charge is 0.419 e. The molecule has 1 aromatic carbocycles. The highest BCUT2D eigenvalue weighted by Gasteiger charge is 2.20. The van der Waals surface area contributed by atoms with E-state index in [1.54, 1.807) is 0 Å². The summed E-state index contributed by atoms with van der Waals surface area (Å²) in [7, 11) is 0. The van der Waals surface area contributed by atoms with Gasteiger partial charge >= 0.3 is 6.09 Å². The quantitative estimate of drug-likeness (QED) is 0.311. The summed E-state index contributed by atoms with van der Waals surface area (Å²) < 4.78 is 12.0. The van der Waals surface area contributed by atoms with Crippen LogP contribution in [0.3, 0.4) is 0 Å². The van der Waals surface area contributed by atoms with Gasteiger partial charge in [0.2, 0.25) is 5.91 Å². The van der Waals surface area contributed by atoms with Crippen LogP contribution in [0, 0.1) is 20.2 Å². The molecule has 14 heteroatoms. The highest BCUT2D eigenvalue weighted by molar-refractivity contribution is 5.82. The topological polar surface area (TPSA) is 181 Å². The van der Waals surface area contributed by atoms with Gasteiger partial charge in [0, 0.05) is 38.3 Å². The minimum Gasteiger partial charge on any atom is -0.449 e. The van der Waals surface area contributed by atoms with Crippen LogP contribution in [0.25, 0.3) is 0 Å². The molecular weight excluding hydrogens is 464 g/mol. The molecule has 0 fully saturated rings. The number of nitrogens with one attached hydrogen (secondary N) is 2. The molecule has 0 bridgehead atoms. The molecule has 2 rings (SSSR count). The summed E-state index contributed by atoms with van der Waals surface area (Å²) in [6, 6.07) is 3.10. The van der Waals surface area contributed by atoms with E-state index in [2.05, 4.69) is 15.6 Å². The van der Waals surface area contributed by atoms with Gasteiger partial charge in [0.25, 0.3) is 11.4 Å². The Bertz CT molecular complexity index is 1070. The maximum Gasteiger partial charge on any atom is 0.419 e. The van der Waals surface area contributed by atoms with Crippen molar-refractivity contribution in [3.63, 3.8) is 0 Å². The second kappa shape index (κ2) is 12.4. The Balaban J connectivity index is 1.77. The van der Waals surface area contributed by atoms with Gasteiger partial charge in [-0.3, -0.25) is 25.0 Å². The van der Waals surface area contributed by atoms with E-state index in [0.717, 1.165) is 12.1 Å². The maximum absolute atomic E-state index is 12.1. The third-order valence-corrected chi connectivity index (χ3v) is 4.84. The minimum atomic E-state index is -0.769. The lowest BCUT2D eigenvalue weighted by Crippen LogP contribution is -2.31. The zero-order valence-corrected chi connectivity index (χ0v) is 19.7. The van der Waals surface area contributed by atoms with Crippen LogP contribution >= 0.6 is 0 Å². The summed E-state index contributed by atoms with van der Waals surface area (Å²) in [5, 5.41) is 27.2. The summed E-state index contributed by atoms with van der Waals surface area (Å²) in [5.41, 5.74) is -0.797. The van der Waals surface area contributed by atoms with Crippen molar-refractivity contribution in [1.82, 2.24) is 14.9 Å². The van der Waals surface area contributed by atoms with Gasteiger partial charge in [-0.05, 0) is 26.8 Å². The summed E-state index contributed by atoms with van der Waals surface area (Å²) >= 11 is 0.